The molecule has 4 rings (SSSR count). The van der Waals surface area contributed by atoms with Gasteiger partial charge in [0.05, 0.1) is 12.0 Å². The normalized spacial score (nSPS) is 20.8. The molecule has 132 valence electrons. The molecule has 0 spiro atoms. The third-order valence-electron chi connectivity index (χ3n) is 5.66. The lowest BCUT2D eigenvalue weighted by Crippen LogP contribution is -2.35. The van der Waals surface area contributed by atoms with Crippen molar-refractivity contribution in [2.45, 2.75) is 32.7 Å². The lowest BCUT2D eigenvalue weighted by Gasteiger charge is -2.16. The number of likely N-dealkylation sites (tertiary alicyclic amines) is 1. The molecule has 2 N–H and O–H groups in total. The number of hydrogen-bond acceptors (Lipinski definition) is 3. The molecule has 1 saturated heterocycles. The Morgan fingerprint density at radius 1 is 1.32 bits per heavy atom. The molecule has 2 aliphatic rings. The number of hydrogen-bond donors (Lipinski definition) is 2. The molecule has 2 aromatic rings. The predicted molar refractivity (Wildman–Crippen MR) is 97.1 cm³/mol. The van der Waals surface area contributed by atoms with E-state index in [1.165, 1.54) is 11.1 Å². The van der Waals surface area contributed by atoms with Crippen LogP contribution in [-0.4, -0.2) is 40.4 Å². The van der Waals surface area contributed by atoms with Crippen LogP contribution in [0.4, 0.5) is 0 Å². The largest absolute Gasteiger partial charge is 0.356 e. The summed E-state index contributed by atoms with van der Waals surface area (Å²) < 4.78 is 0. The molecule has 1 aromatic heterocycles. The molecule has 5 nitrogen and oxygen atoms in total. The summed E-state index contributed by atoms with van der Waals surface area (Å²) in [4.78, 5) is 22.5. The number of aromatic amines is 1. The summed E-state index contributed by atoms with van der Waals surface area (Å²) in [5.74, 6) is 0.881. The Morgan fingerprint density at radius 2 is 2.08 bits per heavy atom. The van der Waals surface area contributed by atoms with Crippen LogP contribution in [0.5, 0.6) is 0 Å². The average Bonchev–Trinajstić information content (AvgIpc) is 3.33. The summed E-state index contributed by atoms with van der Waals surface area (Å²) >= 11 is 0. The molecule has 1 aliphatic carbocycles. The zero-order valence-electron chi connectivity index (χ0n) is 14.8. The number of amides is 1. The Labute approximate surface area is 148 Å². The highest BCUT2D eigenvalue weighted by molar-refractivity contribution is 5.80. The highest BCUT2D eigenvalue weighted by Crippen LogP contribution is 2.26. The first-order valence-electron chi connectivity index (χ1n) is 9.24. The Morgan fingerprint density at radius 3 is 2.76 bits per heavy atom. The number of nitrogens with zero attached hydrogens (tertiary/aromatic N) is 2. The first-order chi connectivity index (χ1) is 12.2. The van der Waals surface area contributed by atoms with E-state index < -0.39 is 0 Å². The van der Waals surface area contributed by atoms with Gasteiger partial charge in [0, 0.05) is 31.2 Å². The minimum atomic E-state index is 0.113. The fraction of sp³-hybridized carbons (Fsp3) is 0.500. The molecule has 1 aliphatic heterocycles. The van der Waals surface area contributed by atoms with Crippen LogP contribution in [0.2, 0.25) is 0 Å². The highest BCUT2D eigenvalue weighted by atomic mass is 16.1. The van der Waals surface area contributed by atoms with E-state index in [2.05, 4.69) is 51.4 Å². The van der Waals surface area contributed by atoms with Crippen LogP contribution in [0.25, 0.3) is 0 Å². The number of benzene rings is 1. The van der Waals surface area contributed by atoms with Gasteiger partial charge in [-0.15, -0.1) is 0 Å². The third kappa shape index (κ3) is 3.61. The Kier molecular flexibility index (Phi) is 4.57. The van der Waals surface area contributed by atoms with Gasteiger partial charge in [0.15, 0.2) is 0 Å². The van der Waals surface area contributed by atoms with Crippen LogP contribution in [0.1, 0.15) is 28.9 Å². The number of aromatic nitrogens is 2. The fourth-order valence-electron chi connectivity index (χ4n) is 4.11. The van der Waals surface area contributed by atoms with E-state index in [0.717, 1.165) is 56.8 Å². The Hall–Kier alpha value is -2.14. The van der Waals surface area contributed by atoms with Gasteiger partial charge < -0.3 is 10.3 Å². The van der Waals surface area contributed by atoms with Crippen LogP contribution in [0.15, 0.2) is 30.6 Å². The number of fused-ring (bicyclic) bond motifs is 1. The molecular formula is C20H26N4O. The number of imidazole rings is 1. The predicted octanol–water partition coefficient (Wildman–Crippen LogP) is 2.07. The molecule has 5 heteroatoms. The molecule has 0 radical (unpaired) electrons. The molecule has 1 atom stereocenters. The lowest BCUT2D eigenvalue weighted by molar-refractivity contribution is -0.124. The molecule has 0 bridgehead atoms. The van der Waals surface area contributed by atoms with Crippen molar-refractivity contribution in [1.82, 2.24) is 20.2 Å². The molecule has 0 saturated carbocycles. The Balaban J connectivity index is 1.23. The van der Waals surface area contributed by atoms with Gasteiger partial charge in [-0.05, 0) is 49.8 Å². The van der Waals surface area contributed by atoms with Crippen molar-refractivity contribution >= 4 is 5.91 Å². The maximum atomic E-state index is 12.5. The van der Waals surface area contributed by atoms with Gasteiger partial charge >= 0.3 is 0 Å². The lowest BCUT2D eigenvalue weighted by atomic mass is 10.0. The van der Waals surface area contributed by atoms with E-state index in [4.69, 9.17) is 0 Å². The smallest absolute Gasteiger partial charge is 0.223 e. The van der Waals surface area contributed by atoms with Crippen molar-refractivity contribution in [3.8, 4) is 0 Å². The van der Waals surface area contributed by atoms with Gasteiger partial charge in [-0.3, -0.25) is 9.69 Å². The first-order valence-corrected chi connectivity index (χ1v) is 9.24. The molecule has 1 aromatic carbocycles. The van der Waals surface area contributed by atoms with Crippen molar-refractivity contribution in [2.75, 3.05) is 19.6 Å². The third-order valence-corrected chi connectivity index (χ3v) is 5.66. The van der Waals surface area contributed by atoms with Gasteiger partial charge in [0.1, 0.15) is 0 Å². The molecule has 1 amide bonds. The summed E-state index contributed by atoms with van der Waals surface area (Å²) in [6, 6.07) is 8.42. The SMILES string of the molecule is Cc1[nH]cnc1CN1CC[C@H](CNC(=O)C2Cc3ccccc3C2)C1. The first kappa shape index (κ1) is 16.3. The zero-order chi connectivity index (χ0) is 17.2. The van der Waals surface area contributed by atoms with E-state index in [-0.39, 0.29) is 11.8 Å². The number of aryl methyl sites for hydroxylation is 1. The quantitative estimate of drug-likeness (QED) is 0.877. The second kappa shape index (κ2) is 7.00. The minimum Gasteiger partial charge on any atom is -0.356 e. The number of carbonyl (C=O) groups excluding carboxylic acids is 1. The van der Waals surface area contributed by atoms with E-state index in [9.17, 15) is 4.79 Å². The summed E-state index contributed by atoms with van der Waals surface area (Å²) in [6.07, 6.45) is 4.68. The molecular weight excluding hydrogens is 312 g/mol. The second-order valence-electron chi connectivity index (χ2n) is 7.48. The number of rotatable bonds is 5. The van der Waals surface area contributed by atoms with Crippen LogP contribution in [-0.2, 0) is 24.2 Å². The van der Waals surface area contributed by atoms with E-state index >= 15 is 0 Å². The van der Waals surface area contributed by atoms with Crippen molar-refractivity contribution in [3.05, 3.63) is 53.1 Å². The average molecular weight is 338 g/mol. The van der Waals surface area contributed by atoms with Gasteiger partial charge in [-0.1, -0.05) is 24.3 Å². The van der Waals surface area contributed by atoms with Crippen molar-refractivity contribution in [3.63, 3.8) is 0 Å². The van der Waals surface area contributed by atoms with E-state index in [1.54, 1.807) is 6.33 Å². The summed E-state index contributed by atoms with van der Waals surface area (Å²) in [5, 5.41) is 3.20. The number of nitrogens with one attached hydrogen (secondary N) is 2. The Bertz CT molecular complexity index is 729. The standard InChI is InChI=1S/C20H26N4O/c1-14-19(23-13-22-14)12-24-7-6-15(11-24)10-21-20(25)18-8-16-4-2-3-5-17(16)9-18/h2-5,13,15,18H,6-12H2,1H3,(H,21,25)(H,22,23)/t15-/m1/s1. The second-order valence-corrected chi connectivity index (χ2v) is 7.48. The van der Waals surface area contributed by atoms with Crippen molar-refractivity contribution in [1.29, 1.82) is 0 Å². The van der Waals surface area contributed by atoms with Crippen LogP contribution < -0.4 is 5.32 Å². The van der Waals surface area contributed by atoms with E-state index in [1.807, 2.05) is 0 Å². The maximum absolute atomic E-state index is 12.5. The van der Waals surface area contributed by atoms with Crippen LogP contribution >= 0.6 is 0 Å². The zero-order valence-corrected chi connectivity index (χ0v) is 14.8. The minimum absolute atomic E-state index is 0.113. The molecule has 0 unspecified atom stereocenters. The molecule has 1 fully saturated rings. The van der Waals surface area contributed by atoms with Crippen molar-refractivity contribution in [2.24, 2.45) is 11.8 Å². The molecule has 2 heterocycles. The number of H-pyrrole nitrogens is 1. The maximum Gasteiger partial charge on any atom is 0.223 e. The van der Waals surface area contributed by atoms with Crippen molar-refractivity contribution < 1.29 is 4.79 Å². The highest BCUT2D eigenvalue weighted by Gasteiger charge is 2.28. The topological polar surface area (TPSA) is 61.0 Å². The van der Waals surface area contributed by atoms with Crippen LogP contribution in [0.3, 0.4) is 0 Å². The molecule has 25 heavy (non-hydrogen) atoms. The summed E-state index contributed by atoms with van der Waals surface area (Å²) in [6.45, 7) is 5.88. The fourth-order valence-corrected chi connectivity index (χ4v) is 4.11. The van der Waals surface area contributed by atoms with Gasteiger partial charge in [0.2, 0.25) is 5.91 Å². The summed E-state index contributed by atoms with van der Waals surface area (Å²) in [5.41, 5.74) is 4.96. The summed E-state index contributed by atoms with van der Waals surface area (Å²) in [7, 11) is 0. The van der Waals surface area contributed by atoms with E-state index in [0.29, 0.717) is 5.92 Å². The number of carbonyl (C=O) groups is 1. The van der Waals surface area contributed by atoms with Gasteiger partial charge in [-0.25, -0.2) is 4.98 Å². The van der Waals surface area contributed by atoms with Gasteiger partial charge in [-0.2, -0.15) is 0 Å². The van der Waals surface area contributed by atoms with Gasteiger partial charge in [0.25, 0.3) is 0 Å². The van der Waals surface area contributed by atoms with Crippen LogP contribution in [0, 0.1) is 18.8 Å². The monoisotopic (exact) mass is 338 g/mol.